The van der Waals surface area contributed by atoms with Gasteiger partial charge in [0.15, 0.2) is 0 Å². The van der Waals surface area contributed by atoms with Gasteiger partial charge in [-0.05, 0) is 96.4 Å². The van der Waals surface area contributed by atoms with Crippen molar-refractivity contribution in [2.75, 3.05) is 6.54 Å². The van der Waals surface area contributed by atoms with Crippen LogP contribution < -0.4 is 5.73 Å². The first-order valence-electron chi connectivity index (χ1n) is 27.9. The van der Waals surface area contributed by atoms with Crippen LogP contribution in [0.15, 0.2) is 157 Å². The molecule has 80 heavy (non-hydrogen) atoms. The van der Waals surface area contributed by atoms with Crippen molar-refractivity contribution < 1.29 is 79.0 Å². The van der Waals surface area contributed by atoms with Gasteiger partial charge in [-0.15, -0.1) is 0 Å². The molecule has 15 atom stereocenters. The molecule has 18 heteroatoms. The molecule has 17 nitrogen and oxygen atoms in total. The third kappa shape index (κ3) is 41.5. The number of rotatable bonds is 45. The molecule has 0 aliphatic carbocycles. The fourth-order valence-corrected chi connectivity index (χ4v) is 9.18. The molecule has 0 rings (SSSR count). The molecule has 0 unspecified atom stereocenters. The molecule has 0 aromatic rings. The van der Waals surface area contributed by atoms with Crippen molar-refractivity contribution in [2.24, 2.45) is 23.5 Å². The Hall–Kier alpha value is -4.48. The summed E-state index contributed by atoms with van der Waals surface area (Å²) in [6.07, 6.45) is 36.0. The second kappa shape index (κ2) is 46.1. The summed E-state index contributed by atoms with van der Waals surface area (Å²) in [5.41, 5.74) is 5.69. The first-order valence-corrected chi connectivity index (χ1v) is 29.4. The van der Waals surface area contributed by atoms with Gasteiger partial charge in [-0.3, -0.25) is 4.55 Å². The highest BCUT2D eigenvalue weighted by molar-refractivity contribution is 7.86. The number of carboxylic acid groups (broad SMARTS) is 1. The summed E-state index contributed by atoms with van der Waals surface area (Å²) in [6.45, 7) is 7.33. The van der Waals surface area contributed by atoms with Crippen LogP contribution in [-0.2, 0) is 14.9 Å². The normalized spacial score (nSPS) is 19.5. The zero-order valence-corrected chi connectivity index (χ0v) is 48.2. The van der Waals surface area contributed by atoms with Gasteiger partial charge < -0.3 is 67.0 Å². The van der Waals surface area contributed by atoms with Crippen molar-refractivity contribution >= 4 is 16.1 Å². The number of nitrogens with two attached hydrogens (primary N) is 1. The zero-order chi connectivity index (χ0) is 60.3. The molecule has 0 aliphatic rings. The summed E-state index contributed by atoms with van der Waals surface area (Å²) in [5.74, 6) is -2.04. The van der Waals surface area contributed by atoms with Crippen molar-refractivity contribution in [3.05, 3.63) is 157 Å². The summed E-state index contributed by atoms with van der Waals surface area (Å²) >= 11 is 0. The first-order chi connectivity index (χ1) is 37.9. The van der Waals surface area contributed by atoms with Crippen LogP contribution in [0.25, 0.3) is 0 Å². The molecular weight excluding hydrogens is 1050 g/mol. The third-order valence-corrected chi connectivity index (χ3v) is 14.5. The van der Waals surface area contributed by atoms with Gasteiger partial charge in [0, 0.05) is 36.7 Å². The van der Waals surface area contributed by atoms with Crippen molar-refractivity contribution in [2.45, 2.75) is 196 Å². The minimum absolute atomic E-state index is 0.0185. The van der Waals surface area contributed by atoms with Gasteiger partial charge in [0.1, 0.15) is 0 Å². The Balaban J connectivity index is 4.65. The standard InChI is InChI=1S/C62H99NO16S/c1-46(38-39-57(71)43-53(67)32-25-34-55(69)45-58(72)44-54(68)33-24-31-51(65)41-50(64)29-23-30-52(66)42-56(70)35-26-40-63)60(80(77,78)79)37-22-18-14-9-7-5-6-8-13-17-21-36-59(73)49(4)61(74)47(2)27-19-15-11-10-12-16-20-28-48(3)62(75)76/h5-10,12-14,16-25,27-29,32-33,36,46-47,49-61,64-74H,11,15,26,30-31,34-35,37-45,63H2,1-4H3,(H,75,76)(H,77,78,79)/b7-5+,8-6+,12-10+,14-9+,17-13+,20-16+,22-18+,27-19+,29-23+,32-25+,33-24+,36-21+,48-28+/t46-,47+,49-,50-,51-,52+,53-,54+,55+,56-,57-,58+,59-,60+,61+/m1/s1. The van der Waals surface area contributed by atoms with E-state index >= 15 is 0 Å². The number of aliphatic hydroxyl groups excluding tert-OH is 11. The number of aliphatic hydroxyl groups is 11. The number of hydrogen-bond acceptors (Lipinski definition) is 15. The maximum absolute atomic E-state index is 12.2. The van der Waals surface area contributed by atoms with Crippen LogP contribution in [0.4, 0.5) is 0 Å². The van der Waals surface area contributed by atoms with Crippen LogP contribution in [0.5, 0.6) is 0 Å². The van der Waals surface area contributed by atoms with E-state index in [1.165, 1.54) is 43.4 Å². The summed E-state index contributed by atoms with van der Waals surface area (Å²) in [5, 5.41) is 122. The smallest absolute Gasteiger partial charge is 0.331 e. The van der Waals surface area contributed by atoms with Crippen molar-refractivity contribution in [1.82, 2.24) is 0 Å². The largest absolute Gasteiger partial charge is 0.478 e. The number of allylic oxidation sites excluding steroid dienone is 17. The highest BCUT2D eigenvalue weighted by Crippen LogP contribution is 2.24. The predicted molar refractivity (Wildman–Crippen MR) is 318 cm³/mol. The lowest BCUT2D eigenvalue weighted by Crippen LogP contribution is -2.32. The Labute approximate surface area is 477 Å². The SMILES string of the molecule is C\C(=C/C=C/C=C/CC/C=C/[C@H](C)[C@H](O)[C@H](C)[C@H](O)/C=C/C=C/C=C/C=C/C=C/C=C/C[C@@H]([C@H](C)CC[C@@H](O)C[C@H](O)/C=C/C[C@H](O)C[C@@H](O)C[C@@H](O)/C=C/C[C@@H](O)C[C@H](O)/C=C/C[C@H](O)C[C@H](O)CCCN)S(=O)(=O)O)C(=O)O. The van der Waals surface area contributed by atoms with Gasteiger partial charge in [0.25, 0.3) is 10.1 Å². The van der Waals surface area contributed by atoms with Crippen LogP contribution in [-0.4, -0.2) is 159 Å². The van der Waals surface area contributed by atoms with Gasteiger partial charge in [0.05, 0.1) is 72.4 Å². The van der Waals surface area contributed by atoms with Gasteiger partial charge in [-0.1, -0.05) is 173 Å². The van der Waals surface area contributed by atoms with Crippen LogP contribution in [0.2, 0.25) is 0 Å². The lowest BCUT2D eigenvalue weighted by Gasteiger charge is -2.25. The van der Waals surface area contributed by atoms with Crippen molar-refractivity contribution in [3.63, 3.8) is 0 Å². The average Bonchev–Trinajstić information content (AvgIpc) is 3.37. The molecule has 454 valence electrons. The quantitative estimate of drug-likeness (QED) is 0.00999. The maximum atomic E-state index is 12.2. The minimum atomic E-state index is -4.42. The monoisotopic (exact) mass is 1150 g/mol. The number of hydrogen-bond donors (Lipinski definition) is 14. The molecule has 0 saturated carbocycles. The fraction of sp³-hybridized carbons (Fsp3) is 0.565. The Morgan fingerprint density at radius 1 is 0.475 bits per heavy atom. The number of unbranched alkanes of at least 4 members (excludes halogenated alkanes) is 1. The maximum Gasteiger partial charge on any atom is 0.331 e. The third-order valence-electron chi connectivity index (χ3n) is 13.1. The van der Waals surface area contributed by atoms with Crippen LogP contribution >= 0.6 is 0 Å². The second-order valence-corrected chi connectivity index (χ2v) is 22.2. The summed E-state index contributed by atoms with van der Waals surface area (Å²) in [6, 6.07) is 0. The summed E-state index contributed by atoms with van der Waals surface area (Å²) in [4.78, 5) is 10.8. The predicted octanol–water partition coefficient (Wildman–Crippen LogP) is 6.64. The van der Waals surface area contributed by atoms with Crippen LogP contribution in [0.1, 0.15) is 124 Å². The topological polar surface area (TPSA) is 340 Å². The van der Waals surface area contributed by atoms with E-state index in [0.29, 0.717) is 19.4 Å². The average molecular weight is 1150 g/mol. The molecule has 0 saturated heterocycles. The molecule has 0 bridgehead atoms. The van der Waals surface area contributed by atoms with Gasteiger partial charge in [0.2, 0.25) is 0 Å². The highest BCUT2D eigenvalue weighted by Gasteiger charge is 2.29. The summed E-state index contributed by atoms with van der Waals surface area (Å²) < 4.78 is 34.4. The van der Waals surface area contributed by atoms with E-state index in [1.54, 1.807) is 105 Å². The van der Waals surface area contributed by atoms with E-state index in [0.717, 1.165) is 12.8 Å². The Morgan fingerprint density at radius 3 is 1.44 bits per heavy atom. The van der Waals surface area contributed by atoms with E-state index < -0.39 is 100 Å². The van der Waals surface area contributed by atoms with Crippen LogP contribution in [0.3, 0.4) is 0 Å². The Morgan fingerprint density at radius 2 is 0.912 bits per heavy atom. The number of carbonyl (C=O) groups is 1. The van der Waals surface area contributed by atoms with Gasteiger partial charge in [-0.25, -0.2) is 4.79 Å². The molecule has 0 aromatic heterocycles. The first kappa shape index (κ1) is 75.5. The molecule has 0 aliphatic heterocycles. The molecule has 0 fully saturated rings. The second-order valence-electron chi connectivity index (χ2n) is 20.6. The van der Waals surface area contributed by atoms with Gasteiger partial charge >= 0.3 is 5.97 Å². The molecule has 0 heterocycles. The van der Waals surface area contributed by atoms with Crippen LogP contribution in [0, 0.1) is 17.8 Å². The lowest BCUT2D eigenvalue weighted by atomic mass is 9.88. The zero-order valence-electron chi connectivity index (χ0n) is 47.4. The molecule has 0 spiro atoms. The minimum Gasteiger partial charge on any atom is -0.478 e. The molecule has 0 radical (unpaired) electrons. The Kier molecular flexibility index (Phi) is 43.5. The molecule has 0 aromatic carbocycles. The summed E-state index contributed by atoms with van der Waals surface area (Å²) in [7, 11) is -4.42. The van der Waals surface area contributed by atoms with E-state index in [2.05, 4.69) is 0 Å². The lowest BCUT2D eigenvalue weighted by molar-refractivity contribution is -0.132. The van der Waals surface area contributed by atoms with Gasteiger partial charge in [-0.2, -0.15) is 8.42 Å². The van der Waals surface area contributed by atoms with Crippen molar-refractivity contribution in [3.8, 4) is 0 Å². The fourth-order valence-electron chi connectivity index (χ4n) is 8.11. The van der Waals surface area contributed by atoms with E-state index in [-0.39, 0.29) is 82.1 Å². The number of aliphatic carboxylic acids is 1. The molecular formula is C62H99NO16S. The van der Waals surface area contributed by atoms with Crippen molar-refractivity contribution in [1.29, 1.82) is 0 Å². The molecule has 0 amide bonds. The Bertz CT molecular complexity index is 2160. The number of carboxylic acids is 1. The van der Waals surface area contributed by atoms with E-state index in [4.69, 9.17) is 10.8 Å². The molecule has 15 N–H and O–H groups in total. The highest BCUT2D eigenvalue weighted by atomic mass is 32.2. The van der Waals surface area contributed by atoms with E-state index in [9.17, 15) is 73.9 Å². The van der Waals surface area contributed by atoms with E-state index in [1.807, 2.05) is 31.2 Å².